The van der Waals surface area contributed by atoms with E-state index in [-0.39, 0.29) is 16.6 Å². The molecule has 0 atom stereocenters. The van der Waals surface area contributed by atoms with Gasteiger partial charge in [0.05, 0.1) is 11.3 Å². The average molecular weight is 337 g/mol. The molecule has 4 heteroatoms. The van der Waals surface area contributed by atoms with E-state index in [0.717, 1.165) is 23.4 Å². The smallest absolute Gasteiger partial charge is 0.335 e. The second-order valence-corrected chi connectivity index (χ2v) is 7.79. The van der Waals surface area contributed by atoms with Gasteiger partial charge in [-0.1, -0.05) is 13.8 Å². The second kappa shape index (κ2) is 6.03. The van der Waals surface area contributed by atoms with Crippen molar-refractivity contribution in [1.82, 2.24) is 0 Å². The van der Waals surface area contributed by atoms with E-state index < -0.39 is 5.97 Å². The highest BCUT2D eigenvalue weighted by Gasteiger charge is 2.38. The van der Waals surface area contributed by atoms with Crippen LogP contribution in [0.2, 0.25) is 0 Å². The molecule has 0 radical (unpaired) electrons. The average Bonchev–Trinajstić information content (AvgIpc) is 2.52. The van der Waals surface area contributed by atoms with E-state index >= 15 is 0 Å². The maximum atomic E-state index is 10.9. The number of nitrogens with zero attached hydrogens (tertiary/aromatic N) is 1. The van der Waals surface area contributed by atoms with Crippen molar-refractivity contribution in [3.63, 3.8) is 0 Å². The van der Waals surface area contributed by atoms with E-state index in [9.17, 15) is 4.79 Å². The summed E-state index contributed by atoms with van der Waals surface area (Å²) in [6.45, 7) is 8.71. The van der Waals surface area contributed by atoms with Gasteiger partial charge in [-0.15, -0.1) is 0 Å². The zero-order valence-corrected chi connectivity index (χ0v) is 15.0. The van der Waals surface area contributed by atoms with E-state index in [1.54, 1.807) is 30.5 Å². The summed E-state index contributed by atoms with van der Waals surface area (Å²) < 4.78 is 6.11. The lowest BCUT2D eigenvalue weighted by atomic mass is 9.73. The molecule has 2 aromatic rings. The molecule has 0 fully saturated rings. The zero-order chi connectivity index (χ0) is 18.2. The molecule has 0 unspecified atom stereocenters. The number of carbonyl (C=O) groups is 1. The van der Waals surface area contributed by atoms with Crippen LogP contribution in [0.1, 0.15) is 55.6 Å². The molecule has 25 heavy (non-hydrogen) atoms. The molecule has 0 amide bonds. The number of carboxylic acids is 1. The summed E-state index contributed by atoms with van der Waals surface area (Å²) in [7, 11) is 0. The summed E-state index contributed by atoms with van der Waals surface area (Å²) in [5.74, 6) is -0.000386. The fourth-order valence-electron chi connectivity index (χ4n) is 3.58. The van der Waals surface area contributed by atoms with Crippen molar-refractivity contribution in [3.05, 3.63) is 59.2 Å². The predicted molar refractivity (Wildman–Crippen MR) is 99.4 cm³/mol. The minimum atomic E-state index is -0.935. The molecule has 130 valence electrons. The van der Waals surface area contributed by atoms with Gasteiger partial charge in [0.2, 0.25) is 0 Å². The van der Waals surface area contributed by atoms with E-state index in [4.69, 9.17) is 9.84 Å². The molecule has 1 aliphatic rings. The fraction of sp³-hybridized carbons (Fsp3) is 0.333. The first-order valence-electron chi connectivity index (χ1n) is 8.37. The Morgan fingerprint density at radius 2 is 1.80 bits per heavy atom. The number of rotatable bonds is 3. The quantitative estimate of drug-likeness (QED) is 0.804. The molecule has 2 aromatic carbocycles. The third-order valence-corrected chi connectivity index (χ3v) is 4.46. The summed E-state index contributed by atoms with van der Waals surface area (Å²) >= 11 is 0. The molecule has 0 saturated heterocycles. The van der Waals surface area contributed by atoms with Gasteiger partial charge in [0.1, 0.15) is 11.4 Å². The van der Waals surface area contributed by atoms with Crippen LogP contribution in [0.3, 0.4) is 0 Å². The van der Waals surface area contributed by atoms with Gasteiger partial charge < -0.3 is 9.84 Å². The number of aliphatic imine (C=N–C) groups is 1. The Kier molecular flexibility index (Phi) is 4.15. The van der Waals surface area contributed by atoms with Crippen LogP contribution in [0, 0.1) is 0 Å². The Morgan fingerprint density at radius 1 is 1.12 bits per heavy atom. The molecule has 0 aliphatic carbocycles. The van der Waals surface area contributed by atoms with Gasteiger partial charge in [-0.2, -0.15) is 0 Å². The molecular weight excluding hydrogens is 314 g/mol. The maximum absolute atomic E-state index is 10.9. The number of aromatic carboxylic acids is 1. The van der Waals surface area contributed by atoms with Crippen molar-refractivity contribution in [2.75, 3.05) is 0 Å². The maximum Gasteiger partial charge on any atom is 0.335 e. The summed E-state index contributed by atoms with van der Waals surface area (Å²) in [5, 5.41) is 8.93. The summed E-state index contributed by atoms with van der Waals surface area (Å²) in [5.41, 5.74) is 3.03. The van der Waals surface area contributed by atoms with Crippen LogP contribution >= 0.6 is 0 Å². The normalized spacial score (nSPS) is 17.8. The van der Waals surface area contributed by atoms with Crippen LogP contribution in [0.5, 0.6) is 5.75 Å². The van der Waals surface area contributed by atoms with Crippen LogP contribution in [-0.4, -0.2) is 22.9 Å². The van der Waals surface area contributed by atoms with E-state index in [1.165, 1.54) is 5.56 Å². The van der Waals surface area contributed by atoms with Gasteiger partial charge in [-0.25, -0.2) is 4.79 Å². The van der Waals surface area contributed by atoms with Crippen LogP contribution in [0.15, 0.2) is 47.5 Å². The van der Waals surface area contributed by atoms with Crippen molar-refractivity contribution in [3.8, 4) is 5.75 Å². The Bertz CT molecular complexity index is 833. The molecule has 3 rings (SSSR count). The molecule has 0 saturated carbocycles. The van der Waals surface area contributed by atoms with E-state index in [0.29, 0.717) is 0 Å². The van der Waals surface area contributed by atoms with Crippen molar-refractivity contribution in [2.45, 2.75) is 45.1 Å². The molecule has 4 nitrogen and oxygen atoms in total. The fourth-order valence-corrected chi connectivity index (χ4v) is 3.58. The number of carboxylic acid groups (broad SMARTS) is 1. The molecule has 1 aliphatic heterocycles. The second-order valence-electron chi connectivity index (χ2n) is 7.79. The number of hydrogen-bond acceptors (Lipinski definition) is 3. The van der Waals surface area contributed by atoms with Crippen molar-refractivity contribution >= 4 is 17.9 Å². The lowest BCUT2D eigenvalue weighted by Gasteiger charge is -2.42. The lowest BCUT2D eigenvalue weighted by Crippen LogP contribution is -2.41. The van der Waals surface area contributed by atoms with Crippen molar-refractivity contribution in [2.24, 2.45) is 4.99 Å². The summed E-state index contributed by atoms with van der Waals surface area (Å²) in [6, 6.07) is 12.6. The van der Waals surface area contributed by atoms with Gasteiger partial charge >= 0.3 is 5.97 Å². The lowest BCUT2D eigenvalue weighted by molar-refractivity contribution is 0.0534. The Morgan fingerprint density at radius 3 is 2.44 bits per heavy atom. The predicted octanol–water partition coefficient (Wildman–Crippen LogP) is 4.97. The Labute approximate surface area is 148 Å². The highest BCUT2D eigenvalue weighted by Crippen LogP contribution is 2.44. The molecular formula is C21H23NO3. The zero-order valence-electron chi connectivity index (χ0n) is 15.0. The number of ether oxygens (including phenoxy) is 1. The molecule has 1 N–H and O–H groups in total. The Balaban J connectivity index is 1.86. The van der Waals surface area contributed by atoms with Gasteiger partial charge in [0, 0.05) is 11.8 Å². The van der Waals surface area contributed by atoms with Gasteiger partial charge in [0.15, 0.2) is 0 Å². The summed E-state index contributed by atoms with van der Waals surface area (Å²) in [6.07, 6.45) is 2.75. The molecule has 1 heterocycles. The minimum Gasteiger partial charge on any atom is -0.488 e. The van der Waals surface area contributed by atoms with Crippen LogP contribution in [0.25, 0.3) is 0 Å². The van der Waals surface area contributed by atoms with Gasteiger partial charge in [0.25, 0.3) is 0 Å². The third-order valence-electron chi connectivity index (χ3n) is 4.46. The molecule has 0 aromatic heterocycles. The minimum absolute atomic E-state index is 0.0318. The first kappa shape index (κ1) is 17.2. The first-order chi connectivity index (χ1) is 11.7. The monoisotopic (exact) mass is 337 g/mol. The highest BCUT2D eigenvalue weighted by atomic mass is 16.5. The number of benzene rings is 2. The number of hydrogen-bond donors (Lipinski definition) is 1. The van der Waals surface area contributed by atoms with Crippen LogP contribution in [0.4, 0.5) is 5.69 Å². The van der Waals surface area contributed by atoms with Crippen molar-refractivity contribution < 1.29 is 14.6 Å². The topological polar surface area (TPSA) is 58.9 Å². The molecule has 0 spiro atoms. The largest absolute Gasteiger partial charge is 0.488 e. The summed E-state index contributed by atoms with van der Waals surface area (Å²) in [4.78, 5) is 15.3. The van der Waals surface area contributed by atoms with Gasteiger partial charge in [-0.3, -0.25) is 4.99 Å². The standard InChI is InChI=1S/C21H23NO3/c1-20(2)13-21(3,4)25-18-10-5-14(11-17(18)20)12-22-16-8-6-15(7-9-16)19(23)24/h5-12H,13H2,1-4H3,(H,23,24). The number of fused-ring (bicyclic) bond motifs is 1. The first-order valence-corrected chi connectivity index (χ1v) is 8.37. The SMILES string of the molecule is CC1(C)CC(C)(C)c2cc(C=Nc3ccc(C(=O)O)cc3)ccc2O1. The highest BCUT2D eigenvalue weighted by molar-refractivity contribution is 5.88. The van der Waals surface area contributed by atoms with E-state index in [2.05, 4.69) is 38.8 Å². The molecule has 0 bridgehead atoms. The van der Waals surface area contributed by atoms with E-state index in [1.807, 2.05) is 12.1 Å². The van der Waals surface area contributed by atoms with Crippen LogP contribution < -0.4 is 4.74 Å². The van der Waals surface area contributed by atoms with Gasteiger partial charge in [-0.05, 0) is 73.7 Å². The van der Waals surface area contributed by atoms with Crippen LogP contribution in [-0.2, 0) is 5.41 Å². The van der Waals surface area contributed by atoms with Crippen molar-refractivity contribution in [1.29, 1.82) is 0 Å². The third kappa shape index (κ3) is 3.73. The Hall–Kier alpha value is -2.62.